The zero-order valence-corrected chi connectivity index (χ0v) is 14.1. The lowest BCUT2D eigenvalue weighted by Crippen LogP contribution is -2.50. The molecule has 1 amide bonds. The van der Waals surface area contributed by atoms with Gasteiger partial charge in [0.2, 0.25) is 0 Å². The molecule has 3 unspecified atom stereocenters. The fraction of sp³-hybridized carbons (Fsp3) is 0.938. The number of alkyl carbamates (subject to hydrolysis) is 1. The molecule has 0 saturated heterocycles. The SMILES string of the molecule is CC(C)C(CO)NC1CCCC(NC(=O)OC(C)(C)C)C1. The van der Waals surface area contributed by atoms with E-state index in [1.54, 1.807) is 0 Å². The van der Waals surface area contributed by atoms with E-state index >= 15 is 0 Å². The zero-order valence-electron chi connectivity index (χ0n) is 14.1. The molecule has 0 aromatic carbocycles. The summed E-state index contributed by atoms with van der Waals surface area (Å²) in [6.07, 6.45) is 3.71. The number of rotatable bonds is 5. The van der Waals surface area contributed by atoms with Crippen molar-refractivity contribution in [1.82, 2.24) is 10.6 Å². The van der Waals surface area contributed by atoms with Gasteiger partial charge in [-0.3, -0.25) is 0 Å². The van der Waals surface area contributed by atoms with Gasteiger partial charge in [-0.05, 0) is 52.4 Å². The largest absolute Gasteiger partial charge is 0.444 e. The number of amides is 1. The maximum atomic E-state index is 11.8. The van der Waals surface area contributed by atoms with Gasteiger partial charge in [0.1, 0.15) is 5.60 Å². The minimum absolute atomic E-state index is 0.121. The molecule has 3 N–H and O–H groups in total. The number of nitrogens with one attached hydrogen (secondary N) is 2. The lowest BCUT2D eigenvalue weighted by molar-refractivity contribution is 0.0486. The van der Waals surface area contributed by atoms with E-state index in [4.69, 9.17) is 4.74 Å². The molecule has 1 aliphatic rings. The Morgan fingerprint density at radius 3 is 2.43 bits per heavy atom. The molecule has 0 heterocycles. The summed E-state index contributed by atoms with van der Waals surface area (Å²) >= 11 is 0. The number of ether oxygens (including phenoxy) is 1. The van der Waals surface area contributed by atoms with Gasteiger partial charge in [0.15, 0.2) is 0 Å². The van der Waals surface area contributed by atoms with Gasteiger partial charge in [0.25, 0.3) is 0 Å². The Morgan fingerprint density at radius 2 is 1.90 bits per heavy atom. The van der Waals surface area contributed by atoms with Crippen molar-refractivity contribution in [3.05, 3.63) is 0 Å². The predicted octanol–water partition coefficient (Wildman–Crippen LogP) is 2.43. The summed E-state index contributed by atoms with van der Waals surface area (Å²) in [5.41, 5.74) is -0.462. The molecule has 0 radical (unpaired) electrons. The minimum atomic E-state index is -0.462. The normalized spacial score (nSPS) is 24.7. The van der Waals surface area contributed by atoms with Crippen molar-refractivity contribution in [2.75, 3.05) is 6.61 Å². The van der Waals surface area contributed by atoms with Crippen LogP contribution in [0.5, 0.6) is 0 Å². The average molecular weight is 300 g/mol. The van der Waals surface area contributed by atoms with Gasteiger partial charge in [-0.15, -0.1) is 0 Å². The molecule has 1 aliphatic carbocycles. The first-order chi connectivity index (χ1) is 9.71. The molecular formula is C16H32N2O3. The van der Waals surface area contributed by atoms with Crippen molar-refractivity contribution >= 4 is 6.09 Å². The fourth-order valence-corrected chi connectivity index (χ4v) is 2.71. The minimum Gasteiger partial charge on any atom is -0.444 e. The summed E-state index contributed by atoms with van der Waals surface area (Å²) in [4.78, 5) is 11.8. The van der Waals surface area contributed by atoms with Gasteiger partial charge >= 0.3 is 6.09 Å². The van der Waals surface area contributed by atoms with Crippen molar-refractivity contribution in [3.8, 4) is 0 Å². The Morgan fingerprint density at radius 1 is 1.29 bits per heavy atom. The fourth-order valence-electron chi connectivity index (χ4n) is 2.71. The molecule has 0 aromatic rings. The number of carbonyl (C=O) groups excluding carboxylic acids is 1. The number of aliphatic hydroxyl groups is 1. The molecule has 3 atom stereocenters. The van der Waals surface area contributed by atoms with E-state index in [1.165, 1.54) is 0 Å². The Hall–Kier alpha value is -0.810. The van der Waals surface area contributed by atoms with Crippen molar-refractivity contribution in [1.29, 1.82) is 0 Å². The number of hydrogen-bond acceptors (Lipinski definition) is 4. The van der Waals surface area contributed by atoms with Crippen LogP contribution in [0.2, 0.25) is 0 Å². The molecule has 0 aromatic heterocycles. The van der Waals surface area contributed by atoms with Crippen LogP contribution in [-0.2, 0) is 4.74 Å². The van der Waals surface area contributed by atoms with E-state index in [9.17, 15) is 9.90 Å². The van der Waals surface area contributed by atoms with Crippen LogP contribution in [0.1, 0.15) is 60.3 Å². The number of carbonyl (C=O) groups is 1. The van der Waals surface area contributed by atoms with Gasteiger partial charge in [-0.1, -0.05) is 13.8 Å². The highest BCUT2D eigenvalue weighted by atomic mass is 16.6. The van der Waals surface area contributed by atoms with Crippen LogP contribution in [0.4, 0.5) is 4.79 Å². The van der Waals surface area contributed by atoms with Crippen molar-refractivity contribution in [3.63, 3.8) is 0 Å². The third-order valence-electron chi connectivity index (χ3n) is 3.85. The van der Waals surface area contributed by atoms with Gasteiger partial charge in [0, 0.05) is 18.1 Å². The van der Waals surface area contributed by atoms with E-state index in [-0.39, 0.29) is 24.8 Å². The molecule has 5 heteroatoms. The number of hydrogen-bond donors (Lipinski definition) is 3. The third-order valence-corrected chi connectivity index (χ3v) is 3.85. The van der Waals surface area contributed by atoms with E-state index in [0.29, 0.717) is 12.0 Å². The molecule has 5 nitrogen and oxygen atoms in total. The molecule has 124 valence electrons. The zero-order chi connectivity index (χ0) is 16.0. The summed E-state index contributed by atoms with van der Waals surface area (Å²) < 4.78 is 5.31. The van der Waals surface area contributed by atoms with Gasteiger partial charge < -0.3 is 20.5 Å². The van der Waals surface area contributed by atoms with Crippen molar-refractivity contribution in [2.24, 2.45) is 5.92 Å². The first-order valence-corrected chi connectivity index (χ1v) is 8.07. The van der Waals surface area contributed by atoms with Crippen LogP contribution in [0, 0.1) is 5.92 Å². The Bertz CT molecular complexity index is 326. The molecule has 1 fully saturated rings. The lowest BCUT2D eigenvalue weighted by atomic mass is 9.89. The smallest absolute Gasteiger partial charge is 0.407 e. The highest BCUT2D eigenvalue weighted by Gasteiger charge is 2.27. The molecule has 0 aliphatic heterocycles. The van der Waals surface area contributed by atoms with Crippen LogP contribution >= 0.6 is 0 Å². The monoisotopic (exact) mass is 300 g/mol. The molecule has 1 saturated carbocycles. The lowest BCUT2D eigenvalue weighted by Gasteiger charge is -2.34. The topological polar surface area (TPSA) is 70.6 Å². The Labute approximate surface area is 128 Å². The molecule has 0 spiro atoms. The Kier molecular flexibility index (Phi) is 6.94. The van der Waals surface area contributed by atoms with Crippen LogP contribution in [-0.4, -0.2) is 41.5 Å². The van der Waals surface area contributed by atoms with E-state index in [0.717, 1.165) is 25.7 Å². The summed E-state index contributed by atoms with van der Waals surface area (Å²) in [6.45, 7) is 9.96. The van der Waals surface area contributed by atoms with Crippen LogP contribution in [0.25, 0.3) is 0 Å². The van der Waals surface area contributed by atoms with Crippen LogP contribution < -0.4 is 10.6 Å². The summed E-state index contributed by atoms with van der Waals surface area (Å²) in [5.74, 6) is 0.397. The highest BCUT2D eigenvalue weighted by Crippen LogP contribution is 2.20. The Balaban J connectivity index is 2.43. The first-order valence-electron chi connectivity index (χ1n) is 8.07. The quantitative estimate of drug-likeness (QED) is 0.729. The second kappa shape index (κ2) is 7.99. The third kappa shape index (κ3) is 7.14. The van der Waals surface area contributed by atoms with Gasteiger partial charge in [0.05, 0.1) is 6.61 Å². The predicted molar refractivity (Wildman–Crippen MR) is 84.3 cm³/mol. The van der Waals surface area contributed by atoms with Gasteiger partial charge in [-0.2, -0.15) is 0 Å². The number of aliphatic hydroxyl groups excluding tert-OH is 1. The van der Waals surface area contributed by atoms with Gasteiger partial charge in [-0.25, -0.2) is 4.79 Å². The molecule has 21 heavy (non-hydrogen) atoms. The summed E-state index contributed by atoms with van der Waals surface area (Å²) in [7, 11) is 0. The molecular weight excluding hydrogens is 268 g/mol. The highest BCUT2D eigenvalue weighted by molar-refractivity contribution is 5.68. The van der Waals surface area contributed by atoms with E-state index < -0.39 is 5.60 Å². The van der Waals surface area contributed by atoms with E-state index in [2.05, 4.69) is 24.5 Å². The first kappa shape index (κ1) is 18.2. The molecule has 0 bridgehead atoms. The van der Waals surface area contributed by atoms with Crippen LogP contribution in [0.15, 0.2) is 0 Å². The van der Waals surface area contributed by atoms with E-state index in [1.807, 2.05) is 20.8 Å². The van der Waals surface area contributed by atoms with Crippen LogP contribution in [0.3, 0.4) is 0 Å². The summed E-state index contributed by atoms with van der Waals surface area (Å²) in [5, 5.41) is 15.9. The molecule has 1 rings (SSSR count). The summed E-state index contributed by atoms with van der Waals surface area (Å²) in [6, 6.07) is 0.617. The maximum Gasteiger partial charge on any atom is 0.407 e. The standard InChI is InChI=1S/C16H32N2O3/c1-11(2)14(10-19)17-12-7-6-8-13(9-12)18-15(20)21-16(3,4)5/h11-14,17,19H,6-10H2,1-5H3,(H,18,20). The van der Waals surface area contributed by atoms with Crippen molar-refractivity contribution < 1.29 is 14.6 Å². The maximum absolute atomic E-state index is 11.8. The second-order valence-electron chi connectivity index (χ2n) is 7.41. The average Bonchev–Trinajstić information content (AvgIpc) is 2.33. The second-order valence-corrected chi connectivity index (χ2v) is 7.41. The van der Waals surface area contributed by atoms with Crippen molar-refractivity contribution in [2.45, 2.75) is 84.0 Å².